The third-order valence-corrected chi connectivity index (χ3v) is 5.27. The highest BCUT2D eigenvalue weighted by Crippen LogP contribution is 2.37. The molecule has 3 aliphatic rings. The van der Waals surface area contributed by atoms with Crippen molar-refractivity contribution in [1.82, 2.24) is 5.32 Å². The van der Waals surface area contributed by atoms with Gasteiger partial charge in [-0.25, -0.2) is 0 Å². The number of carbonyl (C=O) groups excluding carboxylic acids is 2. The molecule has 3 aliphatic heterocycles. The number of hydrogen-bond donors (Lipinski definition) is 2. The molecule has 7 nitrogen and oxygen atoms in total. The van der Waals surface area contributed by atoms with E-state index in [1.807, 2.05) is 24.3 Å². The Bertz CT molecular complexity index is 943. The Labute approximate surface area is 156 Å². The lowest BCUT2D eigenvalue weighted by molar-refractivity contribution is -0.117. The Balaban J connectivity index is 1.31. The SMILES string of the molecule is O=C(NCc1ccc2c(c1)OCO2)c1ccc2c(c1)NC(=O)[C@@H]1CCCN21. The number of anilines is 2. The van der Waals surface area contributed by atoms with E-state index in [2.05, 4.69) is 15.5 Å². The fourth-order valence-electron chi connectivity index (χ4n) is 3.91. The molecular weight excluding hydrogens is 346 g/mol. The van der Waals surface area contributed by atoms with Crippen molar-refractivity contribution in [1.29, 1.82) is 0 Å². The molecule has 2 amide bonds. The fourth-order valence-corrected chi connectivity index (χ4v) is 3.91. The van der Waals surface area contributed by atoms with Gasteiger partial charge in [-0.3, -0.25) is 9.59 Å². The molecule has 0 saturated carbocycles. The van der Waals surface area contributed by atoms with Crippen LogP contribution in [0.25, 0.3) is 0 Å². The van der Waals surface area contributed by atoms with E-state index in [-0.39, 0.29) is 24.6 Å². The first kappa shape index (κ1) is 16.0. The molecule has 2 aromatic rings. The van der Waals surface area contributed by atoms with Gasteiger partial charge in [0.2, 0.25) is 12.7 Å². The van der Waals surface area contributed by atoms with E-state index >= 15 is 0 Å². The summed E-state index contributed by atoms with van der Waals surface area (Å²) in [6.45, 7) is 1.48. The van der Waals surface area contributed by atoms with Gasteiger partial charge in [-0.1, -0.05) is 6.07 Å². The van der Waals surface area contributed by atoms with Gasteiger partial charge in [0.05, 0.1) is 11.4 Å². The van der Waals surface area contributed by atoms with Crippen LogP contribution in [0.2, 0.25) is 0 Å². The lowest BCUT2D eigenvalue weighted by atomic mass is 10.1. The summed E-state index contributed by atoms with van der Waals surface area (Å²) >= 11 is 0. The van der Waals surface area contributed by atoms with Gasteiger partial charge in [0.1, 0.15) is 6.04 Å². The Morgan fingerprint density at radius 1 is 1.19 bits per heavy atom. The monoisotopic (exact) mass is 365 g/mol. The summed E-state index contributed by atoms with van der Waals surface area (Å²) in [5.41, 5.74) is 3.14. The van der Waals surface area contributed by atoms with Gasteiger partial charge in [-0.15, -0.1) is 0 Å². The summed E-state index contributed by atoms with van der Waals surface area (Å²) in [5, 5.41) is 5.85. The number of benzene rings is 2. The zero-order valence-electron chi connectivity index (χ0n) is 14.7. The fraction of sp³-hybridized carbons (Fsp3) is 0.300. The third-order valence-electron chi connectivity index (χ3n) is 5.27. The van der Waals surface area contributed by atoms with E-state index in [0.717, 1.165) is 36.4 Å². The van der Waals surface area contributed by atoms with E-state index < -0.39 is 0 Å². The minimum Gasteiger partial charge on any atom is -0.454 e. The van der Waals surface area contributed by atoms with Crippen molar-refractivity contribution in [2.45, 2.75) is 25.4 Å². The zero-order valence-corrected chi connectivity index (χ0v) is 14.7. The predicted octanol–water partition coefficient (Wildman–Crippen LogP) is 2.27. The highest BCUT2D eigenvalue weighted by atomic mass is 16.7. The quantitative estimate of drug-likeness (QED) is 0.872. The minimum atomic E-state index is -0.187. The van der Waals surface area contributed by atoms with Crippen molar-refractivity contribution >= 4 is 23.2 Å². The van der Waals surface area contributed by atoms with Gasteiger partial charge >= 0.3 is 0 Å². The molecule has 0 aliphatic carbocycles. The number of amides is 2. The van der Waals surface area contributed by atoms with E-state index in [4.69, 9.17) is 9.47 Å². The van der Waals surface area contributed by atoms with Crippen molar-refractivity contribution in [2.75, 3.05) is 23.6 Å². The average molecular weight is 365 g/mol. The van der Waals surface area contributed by atoms with Crippen molar-refractivity contribution in [3.8, 4) is 11.5 Å². The van der Waals surface area contributed by atoms with Crippen molar-refractivity contribution in [3.63, 3.8) is 0 Å². The Morgan fingerprint density at radius 2 is 2.07 bits per heavy atom. The van der Waals surface area contributed by atoms with Crippen LogP contribution in [0.3, 0.4) is 0 Å². The molecule has 0 aromatic heterocycles. The average Bonchev–Trinajstić information content (AvgIpc) is 3.35. The second-order valence-electron chi connectivity index (χ2n) is 6.94. The molecular formula is C20H19N3O4. The number of hydrogen-bond acceptors (Lipinski definition) is 5. The topological polar surface area (TPSA) is 79.9 Å². The van der Waals surface area contributed by atoms with Crippen LogP contribution in [0, 0.1) is 0 Å². The molecule has 1 atom stereocenters. The number of carbonyl (C=O) groups is 2. The van der Waals surface area contributed by atoms with E-state index in [1.165, 1.54) is 0 Å². The third kappa shape index (κ3) is 2.75. The first-order valence-electron chi connectivity index (χ1n) is 9.07. The molecule has 7 heteroatoms. The van der Waals surface area contributed by atoms with Crippen LogP contribution in [0.4, 0.5) is 11.4 Å². The van der Waals surface area contributed by atoms with E-state index in [9.17, 15) is 9.59 Å². The lowest BCUT2D eigenvalue weighted by Gasteiger charge is -2.33. The maximum Gasteiger partial charge on any atom is 0.251 e. The van der Waals surface area contributed by atoms with Crippen LogP contribution >= 0.6 is 0 Å². The first-order valence-corrected chi connectivity index (χ1v) is 9.07. The lowest BCUT2D eigenvalue weighted by Crippen LogP contribution is -2.44. The summed E-state index contributed by atoms with van der Waals surface area (Å²) in [5.74, 6) is 1.24. The van der Waals surface area contributed by atoms with Crippen LogP contribution in [-0.4, -0.2) is 31.2 Å². The second-order valence-corrected chi connectivity index (χ2v) is 6.94. The smallest absolute Gasteiger partial charge is 0.251 e. The summed E-state index contributed by atoms with van der Waals surface area (Å²) in [6.07, 6.45) is 1.89. The molecule has 138 valence electrons. The maximum absolute atomic E-state index is 12.6. The normalized spacial score (nSPS) is 19.3. The predicted molar refractivity (Wildman–Crippen MR) is 99.2 cm³/mol. The molecule has 2 aromatic carbocycles. The summed E-state index contributed by atoms with van der Waals surface area (Å²) in [4.78, 5) is 26.9. The zero-order chi connectivity index (χ0) is 18.4. The van der Waals surface area contributed by atoms with Gasteiger partial charge in [0, 0.05) is 18.7 Å². The Kier molecular flexibility index (Phi) is 3.67. The molecule has 5 rings (SSSR count). The number of ether oxygens (including phenoxy) is 2. The number of nitrogens with zero attached hydrogens (tertiary/aromatic N) is 1. The molecule has 0 spiro atoms. The second kappa shape index (κ2) is 6.19. The van der Waals surface area contributed by atoms with Crippen molar-refractivity contribution < 1.29 is 19.1 Å². The molecule has 0 radical (unpaired) electrons. The minimum absolute atomic E-state index is 0.0120. The van der Waals surface area contributed by atoms with Crippen LogP contribution in [0.1, 0.15) is 28.8 Å². The molecule has 0 unspecified atom stereocenters. The van der Waals surface area contributed by atoms with Crippen LogP contribution in [0.5, 0.6) is 11.5 Å². The molecule has 0 bridgehead atoms. The molecule has 1 fully saturated rings. The summed E-state index contributed by atoms with van der Waals surface area (Å²) in [7, 11) is 0. The van der Waals surface area contributed by atoms with Crippen LogP contribution in [0.15, 0.2) is 36.4 Å². The summed E-state index contributed by atoms with van der Waals surface area (Å²) < 4.78 is 10.6. The standard InChI is InChI=1S/C20H19N3O4/c24-19(21-10-12-3-6-17-18(8-12)27-11-26-17)13-4-5-15-14(9-13)22-20(25)16-2-1-7-23(15)16/h3-6,8-9,16H,1-2,7,10-11H2,(H,21,24)(H,22,25)/t16-/m0/s1. The van der Waals surface area contributed by atoms with Crippen molar-refractivity contribution in [3.05, 3.63) is 47.5 Å². The van der Waals surface area contributed by atoms with Gasteiger partial charge in [-0.05, 0) is 48.7 Å². The maximum atomic E-state index is 12.6. The van der Waals surface area contributed by atoms with E-state index in [0.29, 0.717) is 23.5 Å². The number of nitrogens with one attached hydrogen (secondary N) is 2. The van der Waals surface area contributed by atoms with Crippen LogP contribution in [-0.2, 0) is 11.3 Å². The largest absolute Gasteiger partial charge is 0.454 e. The summed E-state index contributed by atoms with van der Waals surface area (Å²) in [6, 6.07) is 11.0. The van der Waals surface area contributed by atoms with Gasteiger partial charge < -0.3 is 25.0 Å². The van der Waals surface area contributed by atoms with Gasteiger partial charge in [0.15, 0.2) is 11.5 Å². The highest BCUT2D eigenvalue weighted by molar-refractivity contribution is 6.06. The first-order chi connectivity index (χ1) is 13.2. The Morgan fingerprint density at radius 3 is 3.00 bits per heavy atom. The van der Waals surface area contributed by atoms with Crippen LogP contribution < -0.4 is 25.0 Å². The molecule has 3 heterocycles. The Hall–Kier alpha value is -3.22. The number of rotatable bonds is 3. The van der Waals surface area contributed by atoms with E-state index in [1.54, 1.807) is 12.1 Å². The molecule has 27 heavy (non-hydrogen) atoms. The molecule has 2 N–H and O–H groups in total. The van der Waals surface area contributed by atoms with Gasteiger partial charge in [0.25, 0.3) is 5.91 Å². The highest BCUT2D eigenvalue weighted by Gasteiger charge is 2.36. The number of fused-ring (bicyclic) bond motifs is 4. The van der Waals surface area contributed by atoms with Gasteiger partial charge in [-0.2, -0.15) is 0 Å². The van der Waals surface area contributed by atoms with Crippen molar-refractivity contribution in [2.24, 2.45) is 0 Å². The molecule has 1 saturated heterocycles.